The number of hydrogen-bond donors (Lipinski definition) is 1. The van der Waals surface area contributed by atoms with Crippen LogP contribution in [0.25, 0.3) is 10.2 Å². The second-order valence-electron chi connectivity index (χ2n) is 4.38. The van der Waals surface area contributed by atoms with E-state index < -0.39 is 0 Å². The van der Waals surface area contributed by atoms with Crippen LogP contribution in [0.3, 0.4) is 0 Å². The molecule has 96 valence electrons. The van der Waals surface area contributed by atoms with Gasteiger partial charge in [-0.1, -0.05) is 0 Å². The molecule has 3 rings (SSSR count). The Labute approximate surface area is 115 Å². The van der Waals surface area contributed by atoms with Gasteiger partial charge in [-0.15, -0.1) is 11.3 Å². The van der Waals surface area contributed by atoms with Crippen molar-refractivity contribution in [3.05, 3.63) is 11.4 Å². The summed E-state index contributed by atoms with van der Waals surface area (Å²) in [5, 5.41) is 6.32. The summed E-state index contributed by atoms with van der Waals surface area (Å²) in [6, 6.07) is 2.66. The zero-order chi connectivity index (χ0) is 12.5. The molecule has 1 fully saturated rings. The Morgan fingerprint density at radius 2 is 2.33 bits per heavy atom. The van der Waals surface area contributed by atoms with Crippen LogP contribution in [-0.4, -0.2) is 41.1 Å². The molecule has 0 radical (unpaired) electrons. The van der Waals surface area contributed by atoms with Gasteiger partial charge in [0.15, 0.2) is 0 Å². The molecule has 1 atom stereocenters. The van der Waals surface area contributed by atoms with Crippen molar-refractivity contribution >= 4 is 45.1 Å². The van der Waals surface area contributed by atoms with Gasteiger partial charge in [0.05, 0.1) is 5.39 Å². The normalized spacial score (nSPS) is 20.3. The molecular formula is C12H16N4S2. The van der Waals surface area contributed by atoms with Gasteiger partial charge in [-0.2, -0.15) is 16.7 Å². The maximum absolute atomic E-state index is 4.67. The molecule has 0 aromatic carbocycles. The van der Waals surface area contributed by atoms with Gasteiger partial charge in [0.2, 0.25) is 5.95 Å². The SMILES string of the molecule is CNc1nc(N2CCSCC2C)c2ccsc2n1. The summed E-state index contributed by atoms with van der Waals surface area (Å²) in [6.07, 6.45) is 0. The van der Waals surface area contributed by atoms with Crippen molar-refractivity contribution in [1.82, 2.24) is 9.97 Å². The van der Waals surface area contributed by atoms with Crippen LogP contribution in [-0.2, 0) is 0 Å². The molecule has 2 aromatic rings. The van der Waals surface area contributed by atoms with Gasteiger partial charge in [0, 0.05) is 31.1 Å². The second-order valence-corrected chi connectivity index (χ2v) is 6.42. The number of thiophene rings is 1. The van der Waals surface area contributed by atoms with Gasteiger partial charge < -0.3 is 10.2 Å². The number of nitrogens with one attached hydrogen (secondary N) is 1. The standard InChI is InChI=1S/C12H16N4S2/c1-8-7-17-6-4-16(8)10-9-3-5-18-11(9)15-12(13-2)14-10/h3,5,8H,4,6-7H2,1-2H3,(H,13,14,15). The fourth-order valence-electron chi connectivity index (χ4n) is 2.21. The molecule has 0 saturated carbocycles. The van der Waals surface area contributed by atoms with Gasteiger partial charge in [-0.05, 0) is 18.4 Å². The molecule has 6 heteroatoms. The van der Waals surface area contributed by atoms with Crippen molar-refractivity contribution in [2.24, 2.45) is 0 Å². The molecule has 0 amide bonds. The van der Waals surface area contributed by atoms with E-state index in [0.29, 0.717) is 12.0 Å². The first-order chi connectivity index (χ1) is 8.79. The second kappa shape index (κ2) is 4.93. The highest BCUT2D eigenvalue weighted by atomic mass is 32.2. The van der Waals surface area contributed by atoms with Crippen molar-refractivity contribution in [3.63, 3.8) is 0 Å². The minimum atomic E-state index is 0.534. The van der Waals surface area contributed by atoms with E-state index in [1.165, 1.54) is 16.9 Å². The van der Waals surface area contributed by atoms with Gasteiger partial charge in [-0.25, -0.2) is 4.98 Å². The van der Waals surface area contributed by atoms with Crippen molar-refractivity contribution < 1.29 is 0 Å². The molecule has 2 aromatic heterocycles. The number of aromatic nitrogens is 2. The molecule has 3 heterocycles. The third kappa shape index (κ3) is 2.03. The van der Waals surface area contributed by atoms with Gasteiger partial charge >= 0.3 is 0 Å². The first kappa shape index (κ1) is 12.0. The summed E-state index contributed by atoms with van der Waals surface area (Å²) in [7, 11) is 1.87. The Hall–Kier alpha value is -1.01. The summed E-state index contributed by atoms with van der Waals surface area (Å²) in [5.41, 5.74) is 0. The lowest BCUT2D eigenvalue weighted by atomic mass is 10.2. The van der Waals surface area contributed by atoms with Crippen LogP contribution >= 0.6 is 23.1 Å². The van der Waals surface area contributed by atoms with Crippen LogP contribution in [0.15, 0.2) is 11.4 Å². The molecule has 1 unspecified atom stereocenters. The number of nitrogens with zero attached hydrogens (tertiary/aromatic N) is 3. The summed E-state index contributed by atoms with van der Waals surface area (Å²) in [6.45, 7) is 3.34. The molecule has 1 saturated heterocycles. The van der Waals surface area contributed by atoms with Crippen molar-refractivity contribution in [2.75, 3.05) is 35.3 Å². The van der Waals surface area contributed by atoms with Crippen LogP contribution in [0.2, 0.25) is 0 Å². The highest BCUT2D eigenvalue weighted by Gasteiger charge is 2.23. The highest BCUT2D eigenvalue weighted by Crippen LogP contribution is 2.32. The lowest BCUT2D eigenvalue weighted by Crippen LogP contribution is -2.41. The average Bonchev–Trinajstić information content (AvgIpc) is 2.86. The lowest BCUT2D eigenvalue weighted by molar-refractivity contribution is 0.692. The van der Waals surface area contributed by atoms with E-state index in [0.717, 1.165) is 17.2 Å². The van der Waals surface area contributed by atoms with Crippen LogP contribution < -0.4 is 10.2 Å². The number of fused-ring (bicyclic) bond motifs is 1. The molecule has 1 aliphatic heterocycles. The minimum Gasteiger partial charge on any atom is -0.357 e. The fraction of sp³-hybridized carbons (Fsp3) is 0.500. The van der Waals surface area contributed by atoms with E-state index >= 15 is 0 Å². The molecule has 18 heavy (non-hydrogen) atoms. The molecule has 1 N–H and O–H groups in total. The quantitative estimate of drug-likeness (QED) is 0.916. The number of rotatable bonds is 2. The molecule has 1 aliphatic rings. The number of anilines is 2. The van der Waals surface area contributed by atoms with Crippen molar-refractivity contribution in [1.29, 1.82) is 0 Å². The Bertz CT molecular complexity index is 554. The van der Waals surface area contributed by atoms with E-state index in [-0.39, 0.29) is 0 Å². The topological polar surface area (TPSA) is 41.1 Å². The number of hydrogen-bond acceptors (Lipinski definition) is 6. The Morgan fingerprint density at radius 3 is 3.11 bits per heavy atom. The van der Waals surface area contributed by atoms with E-state index in [9.17, 15) is 0 Å². The van der Waals surface area contributed by atoms with Crippen LogP contribution in [0.1, 0.15) is 6.92 Å². The largest absolute Gasteiger partial charge is 0.357 e. The van der Waals surface area contributed by atoms with Gasteiger partial charge in [-0.3, -0.25) is 0 Å². The van der Waals surface area contributed by atoms with E-state index in [4.69, 9.17) is 0 Å². The minimum absolute atomic E-state index is 0.534. The van der Waals surface area contributed by atoms with Crippen LogP contribution in [0.4, 0.5) is 11.8 Å². The van der Waals surface area contributed by atoms with E-state index in [1.807, 2.05) is 18.8 Å². The van der Waals surface area contributed by atoms with Crippen molar-refractivity contribution in [3.8, 4) is 0 Å². The van der Waals surface area contributed by atoms with Gasteiger partial charge in [0.1, 0.15) is 10.6 Å². The van der Waals surface area contributed by atoms with Crippen LogP contribution in [0, 0.1) is 0 Å². The predicted molar refractivity (Wildman–Crippen MR) is 81.1 cm³/mol. The maximum Gasteiger partial charge on any atom is 0.225 e. The predicted octanol–water partition coefficient (Wildman–Crippen LogP) is 2.67. The monoisotopic (exact) mass is 280 g/mol. The Morgan fingerprint density at radius 1 is 1.44 bits per heavy atom. The summed E-state index contributed by atoms with van der Waals surface area (Å²) in [5.74, 6) is 4.14. The van der Waals surface area contributed by atoms with E-state index in [2.05, 4.69) is 38.6 Å². The first-order valence-corrected chi connectivity index (χ1v) is 8.10. The Balaban J connectivity index is 2.10. The summed E-state index contributed by atoms with van der Waals surface area (Å²) in [4.78, 5) is 12.6. The molecule has 0 spiro atoms. The first-order valence-electron chi connectivity index (χ1n) is 6.07. The zero-order valence-electron chi connectivity index (χ0n) is 10.5. The third-order valence-electron chi connectivity index (χ3n) is 3.17. The smallest absolute Gasteiger partial charge is 0.225 e. The Kier molecular flexibility index (Phi) is 3.30. The molecule has 0 bridgehead atoms. The maximum atomic E-state index is 4.67. The molecular weight excluding hydrogens is 264 g/mol. The zero-order valence-corrected chi connectivity index (χ0v) is 12.1. The third-order valence-corrected chi connectivity index (χ3v) is 5.16. The average molecular weight is 280 g/mol. The fourth-order valence-corrected chi connectivity index (χ4v) is 3.98. The van der Waals surface area contributed by atoms with Crippen molar-refractivity contribution in [2.45, 2.75) is 13.0 Å². The highest BCUT2D eigenvalue weighted by molar-refractivity contribution is 7.99. The summed E-state index contributed by atoms with van der Waals surface area (Å²) < 4.78 is 0. The molecule has 4 nitrogen and oxygen atoms in total. The van der Waals surface area contributed by atoms with Crippen LogP contribution in [0.5, 0.6) is 0 Å². The summed E-state index contributed by atoms with van der Waals surface area (Å²) >= 11 is 3.69. The molecule has 0 aliphatic carbocycles. The van der Waals surface area contributed by atoms with E-state index in [1.54, 1.807) is 11.3 Å². The lowest BCUT2D eigenvalue weighted by Gasteiger charge is -2.34. The van der Waals surface area contributed by atoms with Gasteiger partial charge in [0.25, 0.3) is 0 Å². The number of thioether (sulfide) groups is 1.